The van der Waals surface area contributed by atoms with Gasteiger partial charge in [-0.3, -0.25) is 0 Å². The van der Waals surface area contributed by atoms with Crippen molar-refractivity contribution in [1.82, 2.24) is 9.80 Å². The topological polar surface area (TPSA) is 15.7 Å². The fraction of sp³-hybridized carbons (Fsp3) is 1.00. The van der Waals surface area contributed by atoms with E-state index in [4.69, 9.17) is 4.43 Å². The molecular formula is C19H44N2OSi. The van der Waals surface area contributed by atoms with E-state index in [1.54, 1.807) is 0 Å². The fourth-order valence-electron chi connectivity index (χ4n) is 3.53. The van der Waals surface area contributed by atoms with E-state index < -0.39 is 9.76 Å². The number of unbranched alkanes of at least 4 members (excludes halogenated alkanes) is 3. The predicted molar refractivity (Wildman–Crippen MR) is 107 cm³/mol. The van der Waals surface area contributed by atoms with Crippen LogP contribution in [0.5, 0.6) is 0 Å². The zero-order valence-electron chi connectivity index (χ0n) is 17.2. The molecule has 1 atom stereocenters. The van der Waals surface area contributed by atoms with Gasteiger partial charge in [-0.1, -0.05) is 46.5 Å². The summed E-state index contributed by atoms with van der Waals surface area (Å²) in [5.41, 5.74) is 0.406. The first kappa shape index (κ1) is 23.1. The smallest absolute Gasteiger partial charge is 0.162 e. The lowest BCUT2D eigenvalue weighted by molar-refractivity contribution is 0.150. The van der Waals surface area contributed by atoms with E-state index in [0.717, 1.165) is 12.5 Å². The lowest BCUT2D eigenvalue weighted by Gasteiger charge is -2.37. The zero-order chi connectivity index (χ0) is 17.7. The molecule has 1 unspecified atom stereocenters. The lowest BCUT2D eigenvalue weighted by atomic mass is 9.86. The molecule has 0 aromatic heterocycles. The Bertz CT molecular complexity index is 262. The molecule has 0 rings (SSSR count). The van der Waals surface area contributed by atoms with E-state index in [9.17, 15) is 0 Å². The maximum Gasteiger partial charge on any atom is 0.162 e. The van der Waals surface area contributed by atoms with Crippen molar-refractivity contribution in [2.24, 2.45) is 11.3 Å². The molecule has 140 valence electrons. The molecule has 0 fully saturated rings. The average molecular weight is 345 g/mol. The molecule has 0 heterocycles. The third-order valence-corrected chi connectivity index (χ3v) is 6.57. The number of rotatable bonds is 15. The third-order valence-electron chi connectivity index (χ3n) is 4.78. The highest BCUT2D eigenvalue weighted by Crippen LogP contribution is 2.28. The molecule has 0 amide bonds. The van der Waals surface area contributed by atoms with Crippen LogP contribution >= 0.6 is 0 Å². The van der Waals surface area contributed by atoms with Crippen LogP contribution in [0.25, 0.3) is 0 Å². The molecular weight excluding hydrogens is 300 g/mol. The maximum absolute atomic E-state index is 6.17. The van der Waals surface area contributed by atoms with Crippen molar-refractivity contribution < 1.29 is 4.43 Å². The van der Waals surface area contributed by atoms with Crippen LogP contribution in [0.4, 0.5) is 0 Å². The van der Waals surface area contributed by atoms with E-state index >= 15 is 0 Å². The molecule has 3 nitrogen and oxygen atoms in total. The van der Waals surface area contributed by atoms with Gasteiger partial charge in [-0.15, -0.1) is 0 Å². The molecule has 0 aromatic rings. The molecule has 0 bridgehead atoms. The van der Waals surface area contributed by atoms with E-state index in [2.05, 4.69) is 58.8 Å². The van der Waals surface area contributed by atoms with Crippen LogP contribution in [0.3, 0.4) is 0 Å². The Balaban J connectivity index is 4.10. The van der Waals surface area contributed by atoms with Crippen LogP contribution in [-0.2, 0) is 4.43 Å². The minimum Gasteiger partial charge on any atom is -0.424 e. The van der Waals surface area contributed by atoms with Crippen molar-refractivity contribution in [3.8, 4) is 0 Å². The Morgan fingerprint density at radius 2 is 1.57 bits per heavy atom. The van der Waals surface area contributed by atoms with Crippen molar-refractivity contribution in [3.05, 3.63) is 0 Å². The third kappa shape index (κ3) is 12.2. The second-order valence-electron chi connectivity index (χ2n) is 8.11. The van der Waals surface area contributed by atoms with Crippen molar-refractivity contribution >= 4 is 9.76 Å². The minimum absolute atomic E-state index is 0.406. The van der Waals surface area contributed by atoms with Gasteiger partial charge in [0.1, 0.15) is 0 Å². The van der Waals surface area contributed by atoms with Crippen molar-refractivity contribution in [3.63, 3.8) is 0 Å². The molecule has 0 aromatic carbocycles. The van der Waals surface area contributed by atoms with E-state index in [1.165, 1.54) is 57.7 Å². The van der Waals surface area contributed by atoms with Gasteiger partial charge in [-0.2, -0.15) is 0 Å². The summed E-state index contributed by atoms with van der Waals surface area (Å²) < 4.78 is 6.17. The van der Waals surface area contributed by atoms with Gasteiger partial charge in [-0.05, 0) is 58.4 Å². The van der Waals surface area contributed by atoms with Crippen molar-refractivity contribution in [2.75, 3.05) is 47.9 Å². The Kier molecular flexibility index (Phi) is 13.5. The largest absolute Gasteiger partial charge is 0.424 e. The van der Waals surface area contributed by atoms with Gasteiger partial charge in [0, 0.05) is 19.7 Å². The minimum atomic E-state index is -0.419. The van der Waals surface area contributed by atoms with Gasteiger partial charge in [0.05, 0.1) is 0 Å². The summed E-state index contributed by atoms with van der Waals surface area (Å²) in [4.78, 5) is 4.69. The fourth-order valence-corrected chi connectivity index (χ4v) is 5.34. The Morgan fingerprint density at radius 3 is 2.04 bits per heavy atom. The van der Waals surface area contributed by atoms with Gasteiger partial charge in [0.2, 0.25) is 0 Å². The Labute approximate surface area is 149 Å². The molecule has 23 heavy (non-hydrogen) atoms. The summed E-state index contributed by atoms with van der Waals surface area (Å²) in [6.45, 7) is 10.3. The molecule has 0 N–H and O–H groups in total. The van der Waals surface area contributed by atoms with Gasteiger partial charge in [-0.25, -0.2) is 0 Å². The molecule has 0 aliphatic heterocycles. The zero-order valence-corrected chi connectivity index (χ0v) is 18.6. The number of nitrogens with zero attached hydrogens (tertiary/aromatic N) is 2. The normalized spacial score (nSPS) is 14.5. The quantitative estimate of drug-likeness (QED) is 0.333. The highest BCUT2D eigenvalue weighted by Gasteiger charge is 2.29. The van der Waals surface area contributed by atoms with Crippen LogP contribution in [0, 0.1) is 11.3 Å². The summed E-state index contributed by atoms with van der Waals surface area (Å²) in [7, 11) is 8.36. The molecule has 0 saturated heterocycles. The first-order chi connectivity index (χ1) is 10.8. The van der Waals surface area contributed by atoms with Crippen LogP contribution in [0.2, 0.25) is 6.04 Å². The van der Waals surface area contributed by atoms with E-state index in [0.29, 0.717) is 5.41 Å². The van der Waals surface area contributed by atoms with E-state index in [-0.39, 0.29) is 0 Å². The van der Waals surface area contributed by atoms with E-state index in [1.807, 2.05) is 0 Å². The van der Waals surface area contributed by atoms with Crippen molar-refractivity contribution in [1.29, 1.82) is 0 Å². The van der Waals surface area contributed by atoms with Crippen molar-refractivity contribution in [2.45, 2.75) is 65.3 Å². The summed E-state index contributed by atoms with van der Waals surface area (Å²) in [6.07, 6.45) is 8.06. The molecule has 4 heteroatoms. The monoisotopic (exact) mass is 344 g/mol. The summed E-state index contributed by atoms with van der Waals surface area (Å²) >= 11 is 0. The summed E-state index contributed by atoms with van der Waals surface area (Å²) in [6, 6.07) is 1.29. The van der Waals surface area contributed by atoms with Crippen LogP contribution in [-0.4, -0.2) is 67.5 Å². The molecule has 0 radical (unpaired) electrons. The average Bonchev–Trinajstić information content (AvgIpc) is 2.46. The SMILES string of the molecule is CCCCCCC(C)CO[SiH2]CC(CC)(CN(C)C)CN(C)C. The number of hydrogen-bond donors (Lipinski definition) is 0. The second-order valence-corrected chi connectivity index (χ2v) is 9.43. The predicted octanol–water partition coefficient (Wildman–Crippen LogP) is 3.63. The first-order valence-corrected chi connectivity index (χ1v) is 11.3. The van der Waals surface area contributed by atoms with Crippen LogP contribution in [0.1, 0.15) is 59.3 Å². The highest BCUT2D eigenvalue weighted by molar-refractivity contribution is 6.27. The van der Waals surface area contributed by atoms with Gasteiger partial charge in [0.25, 0.3) is 0 Å². The second kappa shape index (κ2) is 13.4. The standard InChI is InChI=1S/C19H44N2OSi/c1-8-10-11-12-13-18(3)14-22-23-17-19(9-2,15-20(4)5)16-21(6)7/h18H,8-17,23H2,1-7H3. The molecule has 0 aliphatic carbocycles. The van der Waals surface area contributed by atoms with Crippen LogP contribution in [0.15, 0.2) is 0 Å². The first-order valence-electron chi connectivity index (χ1n) is 9.72. The number of hydrogen-bond acceptors (Lipinski definition) is 3. The summed E-state index contributed by atoms with van der Waals surface area (Å²) in [5.74, 6) is 0.734. The van der Waals surface area contributed by atoms with Gasteiger partial charge >= 0.3 is 0 Å². The van der Waals surface area contributed by atoms with Gasteiger partial charge < -0.3 is 14.2 Å². The highest BCUT2D eigenvalue weighted by atomic mass is 28.2. The lowest BCUT2D eigenvalue weighted by Crippen LogP contribution is -2.42. The molecule has 0 aliphatic rings. The van der Waals surface area contributed by atoms with Crippen LogP contribution < -0.4 is 0 Å². The van der Waals surface area contributed by atoms with Gasteiger partial charge in [0.15, 0.2) is 9.76 Å². The maximum atomic E-state index is 6.17. The molecule has 0 spiro atoms. The molecule has 0 saturated carbocycles. The Morgan fingerprint density at radius 1 is 0.957 bits per heavy atom. The summed E-state index contributed by atoms with van der Waals surface area (Å²) in [5, 5.41) is 0. The Hall–Kier alpha value is 0.0969.